The van der Waals surface area contributed by atoms with Crippen LogP contribution < -0.4 is 11.1 Å². The number of halogens is 1. The Morgan fingerprint density at radius 1 is 1.16 bits per heavy atom. The monoisotopic (exact) mass is 547 g/mol. The summed E-state index contributed by atoms with van der Waals surface area (Å²) >= 11 is 5.92. The van der Waals surface area contributed by atoms with E-state index in [9.17, 15) is 24.3 Å². The molecule has 2 heterocycles. The molecule has 11 nitrogen and oxygen atoms in total. The molecule has 4 rings (SSSR count). The molecule has 2 amide bonds. The molecule has 0 saturated carbocycles. The van der Waals surface area contributed by atoms with Gasteiger partial charge in [-0.25, -0.2) is 9.59 Å². The second kappa shape index (κ2) is 13.6. The van der Waals surface area contributed by atoms with Gasteiger partial charge in [-0.1, -0.05) is 48.9 Å². The maximum absolute atomic E-state index is 12.3. The molecule has 12 heteroatoms. The molecule has 0 aromatic heterocycles. The Balaban J connectivity index is 0.000000309. The van der Waals surface area contributed by atoms with Gasteiger partial charge in [-0.2, -0.15) is 0 Å². The van der Waals surface area contributed by atoms with E-state index in [1.807, 2.05) is 13.0 Å². The number of aliphatic carboxylic acids is 1. The standard InChI is InChI=1S/C16H16ClN3O4.C10H12O3.H2O/c17-9-6-7-10-12(15(22)20(10)13(9)16(23)24)19-14(21)11(18)8-4-2-1-3-5-8;1-2-7-13-10(12)8-3-5-9(11)6-4-8;/h1-5,10-12H,6-7,18H2,(H,19,21)(H,23,24);3-6,11H,2,7H2,1H3;1H2/t10-,11-,12+;;/m1../s1. The molecule has 2 aromatic rings. The number of ether oxygens (including phenoxy) is 1. The first-order chi connectivity index (χ1) is 17.6. The number of nitrogens with one attached hydrogen (secondary N) is 1. The average Bonchev–Trinajstić information content (AvgIpc) is 2.90. The molecule has 0 spiro atoms. The maximum Gasteiger partial charge on any atom is 0.353 e. The SMILES string of the molecule is CCCOC(=O)c1ccc(O)cc1.N[C@@H](C(=O)N[C@@H]1C(=O)N2C(C(=O)O)=C(Cl)CC[C@H]12)c1ccccc1.O. The van der Waals surface area contributed by atoms with Crippen LogP contribution in [0.1, 0.15) is 48.1 Å². The lowest BCUT2D eigenvalue weighted by Crippen LogP contribution is -2.72. The fourth-order valence-corrected chi connectivity index (χ4v) is 4.23. The highest BCUT2D eigenvalue weighted by atomic mass is 35.5. The van der Waals surface area contributed by atoms with Crippen molar-refractivity contribution in [2.75, 3.05) is 6.61 Å². The number of allylic oxidation sites excluding steroid dienone is 1. The fraction of sp³-hybridized carbons (Fsp3) is 0.308. The lowest BCUT2D eigenvalue weighted by atomic mass is 9.86. The van der Waals surface area contributed by atoms with Crippen LogP contribution in [0.25, 0.3) is 0 Å². The highest BCUT2D eigenvalue weighted by molar-refractivity contribution is 6.32. The number of benzene rings is 2. The topological polar surface area (TPSA) is 191 Å². The van der Waals surface area contributed by atoms with E-state index in [1.165, 1.54) is 24.3 Å². The Bertz CT molecular complexity index is 1190. The summed E-state index contributed by atoms with van der Waals surface area (Å²) < 4.78 is 4.90. The third kappa shape index (κ3) is 6.88. The highest BCUT2D eigenvalue weighted by Gasteiger charge is 2.53. The van der Waals surface area contributed by atoms with Crippen LogP contribution in [0.4, 0.5) is 0 Å². The van der Waals surface area contributed by atoms with Crippen LogP contribution in [0.2, 0.25) is 0 Å². The van der Waals surface area contributed by atoms with Crippen molar-refractivity contribution in [1.29, 1.82) is 0 Å². The van der Waals surface area contributed by atoms with Gasteiger partial charge in [0.25, 0.3) is 5.91 Å². The minimum atomic E-state index is -1.25. The number of nitrogens with two attached hydrogens (primary N) is 1. The van der Waals surface area contributed by atoms with Crippen LogP contribution in [-0.2, 0) is 19.1 Å². The first kappa shape index (κ1) is 30.3. The van der Waals surface area contributed by atoms with Gasteiger partial charge in [0.1, 0.15) is 23.5 Å². The lowest BCUT2D eigenvalue weighted by Gasteiger charge is -2.49. The zero-order valence-corrected chi connectivity index (χ0v) is 21.4. The number of amides is 2. The third-order valence-electron chi connectivity index (χ3n) is 5.86. The molecule has 1 saturated heterocycles. The summed E-state index contributed by atoms with van der Waals surface area (Å²) in [5.74, 6) is -2.40. The minimum Gasteiger partial charge on any atom is -0.508 e. The summed E-state index contributed by atoms with van der Waals surface area (Å²) in [6.07, 6.45) is 1.66. The molecule has 2 aliphatic heterocycles. The van der Waals surface area contributed by atoms with E-state index in [0.29, 0.717) is 30.6 Å². The molecule has 38 heavy (non-hydrogen) atoms. The highest BCUT2D eigenvalue weighted by Crippen LogP contribution is 2.38. The second-order valence-electron chi connectivity index (χ2n) is 8.43. The number of carbonyl (C=O) groups is 4. The van der Waals surface area contributed by atoms with Crippen molar-refractivity contribution < 1.29 is 39.6 Å². The van der Waals surface area contributed by atoms with Crippen molar-refractivity contribution in [3.8, 4) is 5.75 Å². The van der Waals surface area contributed by atoms with Crippen molar-refractivity contribution in [2.45, 2.75) is 44.3 Å². The van der Waals surface area contributed by atoms with Crippen molar-refractivity contribution in [1.82, 2.24) is 10.2 Å². The molecule has 0 bridgehead atoms. The second-order valence-corrected chi connectivity index (χ2v) is 8.89. The number of fused-ring (bicyclic) bond motifs is 1. The molecule has 2 aromatic carbocycles. The Hall–Kier alpha value is -3.93. The van der Waals surface area contributed by atoms with Gasteiger partial charge in [-0.15, -0.1) is 0 Å². The van der Waals surface area contributed by atoms with Gasteiger partial charge < -0.3 is 31.5 Å². The van der Waals surface area contributed by atoms with E-state index >= 15 is 0 Å². The Morgan fingerprint density at radius 2 is 1.79 bits per heavy atom. The average molecular weight is 548 g/mol. The van der Waals surface area contributed by atoms with Gasteiger partial charge in [-0.3, -0.25) is 14.5 Å². The quantitative estimate of drug-likeness (QED) is 0.298. The number of phenolic OH excluding ortho intramolecular Hbond substituents is 1. The van der Waals surface area contributed by atoms with Crippen LogP contribution >= 0.6 is 11.6 Å². The number of phenols is 1. The summed E-state index contributed by atoms with van der Waals surface area (Å²) in [5.41, 5.74) is 6.82. The Labute approximate surface area is 224 Å². The van der Waals surface area contributed by atoms with Crippen molar-refractivity contribution in [3.05, 3.63) is 76.5 Å². The van der Waals surface area contributed by atoms with E-state index in [0.717, 1.165) is 11.3 Å². The van der Waals surface area contributed by atoms with Gasteiger partial charge >= 0.3 is 11.9 Å². The van der Waals surface area contributed by atoms with Gasteiger partial charge in [0.05, 0.1) is 18.2 Å². The summed E-state index contributed by atoms with van der Waals surface area (Å²) in [4.78, 5) is 48.2. The summed E-state index contributed by atoms with van der Waals surface area (Å²) in [5, 5.41) is 20.9. The molecular weight excluding hydrogens is 518 g/mol. The number of β-lactam (4-membered cyclic amide) rings is 1. The van der Waals surface area contributed by atoms with E-state index in [2.05, 4.69) is 5.32 Å². The summed E-state index contributed by atoms with van der Waals surface area (Å²) in [6.45, 7) is 2.36. The number of hydrogen-bond acceptors (Lipinski definition) is 7. The third-order valence-corrected chi connectivity index (χ3v) is 6.23. The molecule has 3 atom stereocenters. The van der Waals surface area contributed by atoms with Crippen molar-refractivity contribution >= 4 is 35.4 Å². The maximum atomic E-state index is 12.3. The molecule has 0 radical (unpaired) electrons. The molecule has 204 valence electrons. The zero-order valence-electron chi connectivity index (χ0n) is 20.6. The smallest absolute Gasteiger partial charge is 0.353 e. The number of hydrogen-bond donors (Lipinski definition) is 4. The fourth-order valence-electron chi connectivity index (χ4n) is 3.95. The van der Waals surface area contributed by atoms with E-state index in [-0.39, 0.29) is 27.9 Å². The predicted molar refractivity (Wildman–Crippen MR) is 138 cm³/mol. The van der Waals surface area contributed by atoms with E-state index < -0.39 is 35.9 Å². The van der Waals surface area contributed by atoms with Crippen LogP contribution in [0.15, 0.2) is 65.3 Å². The molecule has 7 N–H and O–H groups in total. The van der Waals surface area contributed by atoms with E-state index in [1.54, 1.807) is 24.3 Å². The van der Waals surface area contributed by atoms with Gasteiger partial charge in [-0.05, 0) is 49.1 Å². The van der Waals surface area contributed by atoms with E-state index in [4.69, 9.17) is 27.2 Å². The molecule has 0 unspecified atom stereocenters. The van der Waals surface area contributed by atoms with Crippen LogP contribution in [0.3, 0.4) is 0 Å². The zero-order chi connectivity index (χ0) is 27.1. The first-order valence-electron chi connectivity index (χ1n) is 11.7. The van der Waals surface area contributed by atoms with Gasteiger partial charge in [0.15, 0.2) is 0 Å². The minimum absolute atomic E-state index is 0. The molecule has 1 fully saturated rings. The number of carbonyl (C=O) groups excluding carboxylic acids is 3. The number of carboxylic acids is 1. The Morgan fingerprint density at radius 3 is 2.37 bits per heavy atom. The summed E-state index contributed by atoms with van der Waals surface area (Å²) in [7, 11) is 0. The van der Waals surface area contributed by atoms with Gasteiger partial charge in [0, 0.05) is 5.03 Å². The van der Waals surface area contributed by atoms with Crippen LogP contribution in [0, 0.1) is 0 Å². The van der Waals surface area contributed by atoms with Crippen molar-refractivity contribution in [3.63, 3.8) is 0 Å². The number of aromatic hydroxyl groups is 1. The van der Waals surface area contributed by atoms with Crippen LogP contribution in [-0.4, -0.2) is 63.0 Å². The number of carboxylic acid groups (broad SMARTS) is 1. The normalized spacial score (nSPS) is 18.5. The largest absolute Gasteiger partial charge is 0.508 e. The first-order valence-corrected chi connectivity index (χ1v) is 12.1. The van der Waals surface area contributed by atoms with Crippen LogP contribution in [0.5, 0.6) is 5.75 Å². The number of rotatable bonds is 7. The summed E-state index contributed by atoms with van der Waals surface area (Å²) in [6, 6.07) is 12.7. The molecule has 0 aliphatic carbocycles. The number of nitrogens with zero attached hydrogens (tertiary/aromatic N) is 1. The predicted octanol–water partition coefficient (Wildman–Crippen LogP) is 1.85. The number of esters is 1. The van der Waals surface area contributed by atoms with Gasteiger partial charge in [0.2, 0.25) is 5.91 Å². The lowest BCUT2D eigenvalue weighted by molar-refractivity contribution is -0.156. The molecular formula is C26H30ClN3O8. The molecule has 2 aliphatic rings. The Kier molecular flexibility index (Phi) is 10.8. The van der Waals surface area contributed by atoms with Crippen molar-refractivity contribution in [2.24, 2.45) is 5.73 Å².